The van der Waals surface area contributed by atoms with E-state index in [1.807, 2.05) is 12.1 Å². The lowest BCUT2D eigenvalue weighted by Crippen LogP contribution is -2.47. The van der Waals surface area contributed by atoms with E-state index in [0.29, 0.717) is 5.56 Å². The van der Waals surface area contributed by atoms with E-state index in [4.69, 9.17) is 0 Å². The zero-order valence-corrected chi connectivity index (χ0v) is 14.3. The fourth-order valence-electron chi connectivity index (χ4n) is 4.50. The van der Waals surface area contributed by atoms with Crippen LogP contribution in [0, 0.1) is 5.82 Å². The number of hydrogen-bond donors (Lipinski definition) is 1. The summed E-state index contributed by atoms with van der Waals surface area (Å²) < 4.78 is 13.6. The first-order valence-electron chi connectivity index (χ1n) is 9.07. The van der Waals surface area contributed by atoms with E-state index >= 15 is 0 Å². The van der Waals surface area contributed by atoms with Crippen LogP contribution in [0.3, 0.4) is 0 Å². The predicted molar refractivity (Wildman–Crippen MR) is 97.5 cm³/mol. The predicted octanol–water partition coefficient (Wildman–Crippen LogP) is 4.61. The lowest BCUT2D eigenvalue weighted by molar-refractivity contribution is 0.0189. The first kappa shape index (κ1) is 16.5. The average molecular weight is 337 g/mol. The Labute approximate surface area is 148 Å². The van der Waals surface area contributed by atoms with E-state index < -0.39 is 6.10 Å². The van der Waals surface area contributed by atoms with Gasteiger partial charge in [0.1, 0.15) is 5.82 Å². The van der Waals surface area contributed by atoms with Crippen molar-refractivity contribution < 1.29 is 9.50 Å². The number of hydrogen-bond acceptors (Lipinski definition) is 2. The van der Waals surface area contributed by atoms with Gasteiger partial charge in [-0.2, -0.15) is 0 Å². The standard InChI is InChI=1S/C22H24FNO/c23-19-10-6-9-18(15-19)21(25)20-11-14-22(12-4-5-13-22)24(20)16-17-7-2-1-3-8-17/h1-10,15,20-21,25H,11-14,16H2/t20-,21+/m1/s1. The molecule has 2 aromatic rings. The van der Waals surface area contributed by atoms with Crippen molar-refractivity contribution in [2.75, 3.05) is 0 Å². The van der Waals surface area contributed by atoms with E-state index in [2.05, 4.69) is 41.3 Å². The van der Waals surface area contributed by atoms with E-state index in [9.17, 15) is 9.50 Å². The van der Waals surface area contributed by atoms with Crippen molar-refractivity contribution in [3.8, 4) is 0 Å². The number of nitrogens with zero attached hydrogens (tertiary/aromatic N) is 1. The highest BCUT2D eigenvalue weighted by Gasteiger charge is 2.48. The van der Waals surface area contributed by atoms with Crippen LogP contribution in [-0.2, 0) is 6.54 Å². The van der Waals surface area contributed by atoms with Crippen molar-refractivity contribution in [1.29, 1.82) is 0 Å². The number of rotatable bonds is 4. The van der Waals surface area contributed by atoms with Crippen molar-refractivity contribution in [3.63, 3.8) is 0 Å². The molecule has 0 radical (unpaired) electrons. The van der Waals surface area contributed by atoms with Crippen molar-refractivity contribution in [2.24, 2.45) is 0 Å². The summed E-state index contributed by atoms with van der Waals surface area (Å²) in [5.41, 5.74) is 2.03. The number of halogens is 1. The molecule has 0 saturated carbocycles. The van der Waals surface area contributed by atoms with Crippen LogP contribution in [0.15, 0.2) is 66.7 Å². The summed E-state index contributed by atoms with van der Waals surface area (Å²) in [6, 6.07) is 16.8. The van der Waals surface area contributed by atoms with Gasteiger partial charge < -0.3 is 5.11 Å². The Bertz CT molecular complexity index is 750. The van der Waals surface area contributed by atoms with Crippen LogP contribution in [0.2, 0.25) is 0 Å². The molecule has 0 amide bonds. The molecule has 1 spiro atoms. The molecular formula is C22H24FNO. The average Bonchev–Trinajstić information content (AvgIpc) is 3.24. The minimum Gasteiger partial charge on any atom is -0.387 e. The molecule has 2 nitrogen and oxygen atoms in total. The van der Waals surface area contributed by atoms with Gasteiger partial charge in [-0.25, -0.2) is 4.39 Å². The van der Waals surface area contributed by atoms with E-state index in [1.165, 1.54) is 17.7 Å². The second kappa shape index (κ2) is 6.74. The third kappa shape index (κ3) is 3.14. The van der Waals surface area contributed by atoms with Crippen LogP contribution in [0.5, 0.6) is 0 Å². The van der Waals surface area contributed by atoms with Crippen LogP contribution in [0.25, 0.3) is 0 Å². The smallest absolute Gasteiger partial charge is 0.123 e. The Morgan fingerprint density at radius 3 is 2.56 bits per heavy atom. The lowest BCUT2D eigenvalue weighted by Gasteiger charge is -2.40. The topological polar surface area (TPSA) is 23.5 Å². The number of benzene rings is 2. The summed E-state index contributed by atoms with van der Waals surface area (Å²) in [7, 11) is 0. The molecule has 1 aliphatic carbocycles. The summed E-state index contributed by atoms with van der Waals surface area (Å²) in [6.07, 6.45) is 7.93. The van der Waals surface area contributed by atoms with Crippen molar-refractivity contribution in [2.45, 2.75) is 49.9 Å². The molecule has 2 aliphatic rings. The van der Waals surface area contributed by atoms with E-state index in [-0.39, 0.29) is 17.4 Å². The van der Waals surface area contributed by atoms with Crippen molar-refractivity contribution >= 4 is 0 Å². The molecule has 130 valence electrons. The first-order chi connectivity index (χ1) is 12.2. The SMILES string of the molecule is O[C@@H](c1cccc(F)c1)[C@H]1CCC2(CC=CC2)N1Cc1ccccc1. The lowest BCUT2D eigenvalue weighted by atomic mass is 9.93. The van der Waals surface area contributed by atoms with Gasteiger partial charge in [0.15, 0.2) is 0 Å². The fourth-order valence-corrected chi connectivity index (χ4v) is 4.50. The molecule has 1 fully saturated rings. The zero-order valence-electron chi connectivity index (χ0n) is 14.3. The highest BCUT2D eigenvalue weighted by molar-refractivity contribution is 5.24. The summed E-state index contributed by atoms with van der Waals surface area (Å²) in [4.78, 5) is 2.47. The second-order valence-corrected chi connectivity index (χ2v) is 7.32. The zero-order chi connectivity index (χ0) is 17.3. The molecule has 2 atom stereocenters. The second-order valence-electron chi connectivity index (χ2n) is 7.32. The molecule has 1 N–H and O–H groups in total. The molecule has 0 aromatic heterocycles. The van der Waals surface area contributed by atoms with Gasteiger partial charge in [-0.1, -0.05) is 54.6 Å². The van der Waals surface area contributed by atoms with Gasteiger partial charge in [0.05, 0.1) is 6.10 Å². The maximum Gasteiger partial charge on any atom is 0.123 e. The first-order valence-corrected chi connectivity index (χ1v) is 9.07. The van der Waals surface area contributed by atoms with Crippen molar-refractivity contribution in [1.82, 2.24) is 4.90 Å². The van der Waals surface area contributed by atoms with Crippen LogP contribution < -0.4 is 0 Å². The minimum atomic E-state index is -0.667. The monoisotopic (exact) mass is 337 g/mol. The van der Waals surface area contributed by atoms with Crippen LogP contribution in [0.4, 0.5) is 4.39 Å². The van der Waals surface area contributed by atoms with E-state index in [1.54, 1.807) is 6.07 Å². The Morgan fingerprint density at radius 1 is 1.08 bits per heavy atom. The number of likely N-dealkylation sites (tertiary alicyclic amines) is 1. The molecule has 2 aromatic carbocycles. The summed E-state index contributed by atoms with van der Waals surface area (Å²) in [5, 5.41) is 11.0. The molecule has 1 saturated heterocycles. The Morgan fingerprint density at radius 2 is 1.84 bits per heavy atom. The number of aliphatic hydroxyl groups excluding tert-OH is 1. The molecule has 4 rings (SSSR count). The highest BCUT2D eigenvalue weighted by atomic mass is 19.1. The van der Waals surface area contributed by atoms with Crippen molar-refractivity contribution in [3.05, 3.63) is 83.7 Å². The molecule has 0 bridgehead atoms. The van der Waals surface area contributed by atoms with Gasteiger partial charge in [-0.3, -0.25) is 4.90 Å². The van der Waals surface area contributed by atoms with Crippen LogP contribution in [0.1, 0.15) is 42.9 Å². The Balaban J connectivity index is 1.63. The van der Waals surface area contributed by atoms with Gasteiger partial charge >= 0.3 is 0 Å². The maximum absolute atomic E-state index is 13.6. The summed E-state index contributed by atoms with van der Waals surface area (Å²) in [5.74, 6) is -0.290. The van der Waals surface area contributed by atoms with Crippen LogP contribution >= 0.6 is 0 Å². The molecule has 25 heavy (non-hydrogen) atoms. The summed E-state index contributed by atoms with van der Waals surface area (Å²) >= 11 is 0. The minimum absolute atomic E-state index is 0.0157. The largest absolute Gasteiger partial charge is 0.387 e. The normalized spacial score (nSPS) is 23.4. The summed E-state index contributed by atoms with van der Waals surface area (Å²) in [6.45, 7) is 0.819. The Kier molecular flexibility index (Phi) is 4.45. The molecule has 1 heterocycles. The quantitative estimate of drug-likeness (QED) is 0.824. The molecular weight excluding hydrogens is 313 g/mol. The van der Waals surface area contributed by atoms with Gasteiger partial charge in [0.25, 0.3) is 0 Å². The third-order valence-corrected chi connectivity index (χ3v) is 5.83. The van der Waals surface area contributed by atoms with Gasteiger partial charge in [-0.05, 0) is 48.9 Å². The Hall–Kier alpha value is -1.97. The number of aliphatic hydroxyl groups is 1. The highest BCUT2D eigenvalue weighted by Crippen LogP contribution is 2.46. The molecule has 1 aliphatic heterocycles. The van der Waals surface area contributed by atoms with E-state index in [0.717, 1.165) is 32.2 Å². The van der Waals surface area contributed by atoms with Gasteiger partial charge in [0, 0.05) is 18.1 Å². The van der Waals surface area contributed by atoms with Gasteiger partial charge in [-0.15, -0.1) is 0 Å². The molecule has 3 heteroatoms. The van der Waals surface area contributed by atoms with Gasteiger partial charge in [0.2, 0.25) is 0 Å². The third-order valence-electron chi connectivity index (χ3n) is 5.83. The molecule has 0 unspecified atom stereocenters. The maximum atomic E-state index is 13.6. The van der Waals surface area contributed by atoms with Crippen LogP contribution in [-0.4, -0.2) is 21.6 Å². The fraction of sp³-hybridized carbons (Fsp3) is 0.364.